The van der Waals surface area contributed by atoms with Crippen LogP contribution in [0.25, 0.3) is 11.2 Å². The molecular weight excluding hydrogens is 370 g/mol. The van der Waals surface area contributed by atoms with Crippen LogP contribution in [0.1, 0.15) is 11.9 Å². The first kappa shape index (κ1) is 18.1. The van der Waals surface area contributed by atoms with Gasteiger partial charge in [0.2, 0.25) is 5.95 Å². The molecule has 1 saturated heterocycles. The van der Waals surface area contributed by atoms with E-state index in [1.165, 1.54) is 29.5 Å². The van der Waals surface area contributed by atoms with Crippen LogP contribution in [0, 0.1) is 0 Å². The summed E-state index contributed by atoms with van der Waals surface area (Å²) in [7, 11) is 0. The average molecular weight is 387 g/mol. The Morgan fingerprint density at radius 3 is 2.82 bits per heavy atom. The first-order valence-corrected chi connectivity index (χ1v) is 8.26. The third-order valence-electron chi connectivity index (χ3n) is 4.18. The molecule has 4 atom stereocenters. The highest BCUT2D eigenvalue weighted by Crippen LogP contribution is 2.32. The van der Waals surface area contributed by atoms with E-state index in [1.54, 1.807) is 6.20 Å². The number of hydrogen-bond donors (Lipinski definition) is 5. The van der Waals surface area contributed by atoms with Crippen molar-refractivity contribution in [3.05, 3.63) is 30.6 Å². The fourth-order valence-electron chi connectivity index (χ4n) is 2.82. The summed E-state index contributed by atoms with van der Waals surface area (Å²) >= 11 is 0. The number of hydrazone groups is 1. The van der Waals surface area contributed by atoms with Crippen LogP contribution in [0.2, 0.25) is 0 Å². The van der Waals surface area contributed by atoms with E-state index in [0.29, 0.717) is 11.2 Å². The largest absolute Gasteiger partial charge is 0.394 e. The standard InChI is InChI=1S/C15H17N9O4/c16-12-9-13(22-15(21-12)23-20-4-7-3-17-1-2-18-7)24(6-19-9)14-11(27)10(26)8(5-25)28-14/h1-4,6,8,10-11,14,25-27H,5H2,(H3,16,21,22,23)/t8-,10-,11-,14-/m1/s1. The van der Waals surface area contributed by atoms with Crippen molar-refractivity contribution >= 4 is 29.1 Å². The molecule has 1 aliphatic heterocycles. The lowest BCUT2D eigenvalue weighted by Gasteiger charge is -2.16. The summed E-state index contributed by atoms with van der Waals surface area (Å²) in [5.74, 6) is 0.173. The number of aromatic nitrogens is 6. The number of nitrogens with one attached hydrogen (secondary N) is 1. The highest BCUT2D eigenvalue weighted by atomic mass is 16.6. The van der Waals surface area contributed by atoms with Gasteiger partial charge in [0.05, 0.1) is 25.3 Å². The predicted octanol–water partition coefficient (Wildman–Crippen LogP) is -1.74. The van der Waals surface area contributed by atoms with E-state index in [2.05, 4.69) is 35.4 Å². The molecule has 28 heavy (non-hydrogen) atoms. The Morgan fingerprint density at radius 1 is 1.25 bits per heavy atom. The van der Waals surface area contributed by atoms with Gasteiger partial charge < -0.3 is 25.8 Å². The van der Waals surface area contributed by atoms with Crippen molar-refractivity contribution in [1.29, 1.82) is 0 Å². The summed E-state index contributed by atoms with van der Waals surface area (Å²) in [5, 5.41) is 33.4. The Hall–Kier alpha value is -3.26. The van der Waals surface area contributed by atoms with E-state index in [4.69, 9.17) is 10.5 Å². The van der Waals surface area contributed by atoms with Gasteiger partial charge in [-0.3, -0.25) is 14.5 Å². The van der Waals surface area contributed by atoms with Crippen LogP contribution in [-0.4, -0.2) is 75.9 Å². The Balaban J connectivity index is 1.63. The van der Waals surface area contributed by atoms with Crippen LogP contribution in [0.3, 0.4) is 0 Å². The number of imidazole rings is 1. The topological polar surface area (TPSA) is 190 Å². The van der Waals surface area contributed by atoms with Gasteiger partial charge in [0, 0.05) is 12.4 Å². The fourth-order valence-corrected chi connectivity index (χ4v) is 2.82. The zero-order valence-electron chi connectivity index (χ0n) is 14.4. The molecule has 146 valence electrons. The summed E-state index contributed by atoms with van der Waals surface area (Å²) in [6.45, 7) is -0.442. The lowest BCUT2D eigenvalue weighted by molar-refractivity contribution is -0.0511. The van der Waals surface area contributed by atoms with Crippen molar-refractivity contribution < 1.29 is 20.1 Å². The molecule has 0 amide bonds. The molecule has 6 N–H and O–H groups in total. The number of fused-ring (bicyclic) bond motifs is 1. The highest BCUT2D eigenvalue weighted by molar-refractivity contribution is 5.83. The zero-order chi connectivity index (χ0) is 19.7. The van der Waals surface area contributed by atoms with Crippen molar-refractivity contribution in [1.82, 2.24) is 29.5 Å². The second-order valence-electron chi connectivity index (χ2n) is 5.99. The van der Waals surface area contributed by atoms with Gasteiger partial charge >= 0.3 is 0 Å². The second-order valence-corrected chi connectivity index (χ2v) is 5.99. The number of anilines is 2. The van der Waals surface area contributed by atoms with E-state index in [-0.39, 0.29) is 17.4 Å². The molecule has 1 fully saturated rings. The molecular formula is C15H17N9O4. The number of hydrogen-bond acceptors (Lipinski definition) is 12. The van der Waals surface area contributed by atoms with Crippen molar-refractivity contribution in [3.8, 4) is 0 Å². The van der Waals surface area contributed by atoms with Crippen LogP contribution in [0.4, 0.5) is 11.8 Å². The summed E-state index contributed by atoms with van der Waals surface area (Å²) in [4.78, 5) is 20.5. The number of nitrogens with zero attached hydrogens (tertiary/aromatic N) is 7. The number of ether oxygens (including phenoxy) is 1. The van der Waals surface area contributed by atoms with Gasteiger partial charge in [0.1, 0.15) is 29.5 Å². The van der Waals surface area contributed by atoms with E-state index < -0.39 is 31.1 Å². The van der Waals surface area contributed by atoms with Crippen LogP contribution in [0.5, 0.6) is 0 Å². The molecule has 0 bridgehead atoms. The maximum Gasteiger partial charge on any atom is 0.247 e. The van der Waals surface area contributed by atoms with Gasteiger partial charge in [-0.1, -0.05) is 0 Å². The van der Waals surface area contributed by atoms with Gasteiger partial charge in [-0.2, -0.15) is 15.1 Å². The van der Waals surface area contributed by atoms with E-state index >= 15 is 0 Å². The van der Waals surface area contributed by atoms with Gasteiger partial charge in [0.25, 0.3) is 0 Å². The normalized spacial score (nSPS) is 25.0. The van der Waals surface area contributed by atoms with Crippen LogP contribution in [0.15, 0.2) is 30.0 Å². The van der Waals surface area contributed by atoms with E-state index in [1.807, 2.05) is 0 Å². The lowest BCUT2D eigenvalue weighted by Crippen LogP contribution is -2.33. The second kappa shape index (κ2) is 7.40. The first-order chi connectivity index (χ1) is 13.6. The monoisotopic (exact) mass is 387 g/mol. The zero-order valence-corrected chi connectivity index (χ0v) is 14.4. The summed E-state index contributed by atoms with van der Waals surface area (Å²) in [6.07, 6.45) is 2.94. The maximum atomic E-state index is 10.2. The Labute approximate surface area is 157 Å². The number of nitrogen functional groups attached to an aromatic ring is 1. The van der Waals surface area contributed by atoms with Crippen molar-refractivity contribution in [2.45, 2.75) is 24.5 Å². The molecule has 4 heterocycles. The molecule has 13 heteroatoms. The van der Waals surface area contributed by atoms with Crippen LogP contribution < -0.4 is 11.2 Å². The van der Waals surface area contributed by atoms with Crippen molar-refractivity contribution in [3.63, 3.8) is 0 Å². The third kappa shape index (κ3) is 3.22. The lowest BCUT2D eigenvalue weighted by atomic mass is 10.1. The van der Waals surface area contributed by atoms with Gasteiger partial charge in [-0.05, 0) is 0 Å². The predicted molar refractivity (Wildman–Crippen MR) is 96.0 cm³/mol. The molecule has 13 nitrogen and oxygen atoms in total. The van der Waals surface area contributed by atoms with E-state index in [9.17, 15) is 15.3 Å². The Bertz CT molecular complexity index is 996. The number of nitrogens with two attached hydrogens (primary N) is 1. The van der Waals surface area contributed by atoms with Gasteiger partial charge in [-0.15, -0.1) is 0 Å². The first-order valence-electron chi connectivity index (χ1n) is 8.26. The Kier molecular flexibility index (Phi) is 4.79. The molecule has 0 spiro atoms. The molecule has 0 aliphatic carbocycles. The summed E-state index contributed by atoms with van der Waals surface area (Å²) < 4.78 is 6.92. The minimum absolute atomic E-state index is 0.0821. The number of aliphatic hydroxyl groups is 3. The smallest absolute Gasteiger partial charge is 0.247 e. The van der Waals surface area contributed by atoms with Crippen molar-refractivity contribution in [2.75, 3.05) is 17.8 Å². The van der Waals surface area contributed by atoms with Gasteiger partial charge in [-0.25, -0.2) is 10.4 Å². The minimum Gasteiger partial charge on any atom is -0.394 e. The minimum atomic E-state index is -1.28. The molecule has 3 aromatic heterocycles. The summed E-state index contributed by atoms with van der Waals surface area (Å²) in [6, 6.07) is 0. The molecule has 0 unspecified atom stereocenters. The van der Waals surface area contributed by atoms with Crippen LogP contribution in [-0.2, 0) is 4.74 Å². The third-order valence-corrected chi connectivity index (χ3v) is 4.18. The maximum absolute atomic E-state index is 10.2. The van der Waals surface area contributed by atoms with Crippen LogP contribution >= 0.6 is 0 Å². The number of rotatable bonds is 5. The molecule has 0 radical (unpaired) electrons. The molecule has 3 aromatic rings. The molecule has 0 aromatic carbocycles. The highest BCUT2D eigenvalue weighted by Gasteiger charge is 2.44. The molecule has 0 saturated carbocycles. The quantitative estimate of drug-likeness (QED) is 0.247. The molecule has 1 aliphatic rings. The average Bonchev–Trinajstić information content (AvgIpc) is 3.24. The van der Waals surface area contributed by atoms with Crippen molar-refractivity contribution in [2.24, 2.45) is 5.10 Å². The summed E-state index contributed by atoms with van der Waals surface area (Å²) in [5.41, 5.74) is 9.66. The van der Waals surface area contributed by atoms with Gasteiger partial charge in [0.15, 0.2) is 17.7 Å². The SMILES string of the molecule is Nc1nc(NN=Cc2cnccn2)nc2c1ncn2[C@@H]1O[C@H](CO)[C@@H](O)[C@H]1O. The Morgan fingerprint density at radius 2 is 2.11 bits per heavy atom. The fraction of sp³-hybridized carbons (Fsp3) is 0.333. The van der Waals surface area contributed by atoms with E-state index in [0.717, 1.165) is 0 Å². The number of aliphatic hydroxyl groups excluding tert-OH is 3. The molecule has 4 rings (SSSR count).